The lowest BCUT2D eigenvalue weighted by molar-refractivity contribution is 0.810. The number of nitrogens with zero attached hydrogens (tertiary/aromatic N) is 1. The second-order valence-corrected chi connectivity index (χ2v) is 2.97. The van der Waals surface area contributed by atoms with E-state index in [2.05, 4.69) is 16.4 Å². The molecule has 3 N–H and O–H groups in total. The molecule has 0 unspecified atom stereocenters. The zero-order valence-electron chi connectivity index (χ0n) is 7.76. The number of aromatic nitrogens is 1. The number of hydrogen-bond donors (Lipinski definition) is 2. The van der Waals surface area contributed by atoms with Crippen molar-refractivity contribution in [3.63, 3.8) is 0 Å². The average Bonchev–Trinajstić information content (AvgIpc) is 2.04. The van der Waals surface area contributed by atoms with Crippen LogP contribution < -0.4 is 11.1 Å². The first-order chi connectivity index (χ1) is 5.65. The van der Waals surface area contributed by atoms with Gasteiger partial charge in [-0.3, -0.25) is 0 Å². The third-order valence-electron chi connectivity index (χ3n) is 1.86. The molecule has 3 heteroatoms. The molecule has 0 aromatic carbocycles. The summed E-state index contributed by atoms with van der Waals surface area (Å²) in [6.07, 6.45) is 1.81. The number of nitrogens with two attached hydrogens (primary N) is 1. The summed E-state index contributed by atoms with van der Waals surface area (Å²) >= 11 is 0. The molecule has 0 aliphatic carbocycles. The molecule has 0 amide bonds. The minimum atomic E-state index is 0.0575. The predicted octanol–water partition coefficient (Wildman–Crippen LogP) is 1.45. The van der Waals surface area contributed by atoms with Gasteiger partial charge in [-0.25, -0.2) is 4.98 Å². The molecule has 1 atom stereocenters. The molecule has 66 valence electrons. The molecule has 1 rings (SSSR count). The minimum Gasteiger partial charge on any atom is -0.373 e. The van der Waals surface area contributed by atoms with Crippen LogP contribution in [0.3, 0.4) is 0 Å². The quantitative estimate of drug-likeness (QED) is 0.697. The van der Waals surface area contributed by atoms with Crippen molar-refractivity contribution in [2.24, 2.45) is 5.73 Å². The highest BCUT2D eigenvalue weighted by Crippen LogP contribution is 2.15. The van der Waals surface area contributed by atoms with Crippen LogP contribution in [0.15, 0.2) is 12.3 Å². The monoisotopic (exact) mass is 165 g/mol. The van der Waals surface area contributed by atoms with E-state index in [1.54, 1.807) is 0 Å². The second kappa shape index (κ2) is 3.54. The zero-order chi connectivity index (χ0) is 9.14. The number of hydrogen-bond acceptors (Lipinski definition) is 3. The first kappa shape index (κ1) is 9.00. The normalized spacial score (nSPS) is 12.7. The van der Waals surface area contributed by atoms with E-state index < -0.39 is 0 Å². The van der Waals surface area contributed by atoms with Crippen LogP contribution in [0.5, 0.6) is 0 Å². The van der Waals surface area contributed by atoms with Crippen molar-refractivity contribution < 1.29 is 0 Å². The number of rotatable bonds is 2. The molecule has 0 saturated carbocycles. The summed E-state index contributed by atoms with van der Waals surface area (Å²) in [5.41, 5.74) is 7.92. The van der Waals surface area contributed by atoms with Crippen molar-refractivity contribution in [2.75, 3.05) is 12.4 Å². The maximum atomic E-state index is 5.71. The van der Waals surface area contributed by atoms with Gasteiger partial charge in [0.15, 0.2) is 0 Å². The first-order valence-corrected chi connectivity index (χ1v) is 4.05. The Bertz CT molecular complexity index is 268. The molecule has 0 spiro atoms. The van der Waals surface area contributed by atoms with Crippen molar-refractivity contribution in [3.05, 3.63) is 23.4 Å². The molecule has 0 bridgehead atoms. The van der Waals surface area contributed by atoms with Crippen molar-refractivity contribution in [1.82, 2.24) is 4.98 Å². The molecular formula is C9H15N3. The van der Waals surface area contributed by atoms with Gasteiger partial charge in [0.2, 0.25) is 0 Å². The van der Waals surface area contributed by atoms with E-state index in [4.69, 9.17) is 5.73 Å². The van der Waals surface area contributed by atoms with Gasteiger partial charge in [-0.1, -0.05) is 0 Å². The zero-order valence-corrected chi connectivity index (χ0v) is 7.76. The Labute approximate surface area is 73.0 Å². The van der Waals surface area contributed by atoms with Gasteiger partial charge < -0.3 is 11.1 Å². The van der Waals surface area contributed by atoms with Crippen molar-refractivity contribution in [2.45, 2.75) is 19.9 Å². The fourth-order valence-electron chi connectivity index (χ4n) is 1.11. The van der Waals surface area contributed by atoms with E-state index in [0.29, 0.717) is 0 Å². The van der Waals surface area contributed by atoms with Gasteiger partial charge in [0.05, 0.1) is 0 Å². The van der Waals surface area contributed by atoms with Gasteiger partial charge in [-0.15, -0.1) is 0 Å². The SMILES string of the molecule is CNc1ncc([C@@H](C)N)cc1C. The first-order valence-electron chi connectivity index (χ1n) is 4.05. The molecule has 1 heterocycles. The Morgan fingerprint density at radius 1 is 1.58 bits per heavy atom. The van der Waals surface area contributed by atoms with Crippen LogP contribution in [0.4, 0.5) is 5.82 Å². The molecule has 12 heavy (non-hydrogen) atoms. The van der Waals surface area contributed by atoms with E-state index in [1.165, 1.54) is 0 Å². The van der Waals surface area contributed by atoms with Gasteiger partial charge in [-0.05, 0) is 31.0 Å². The molecule has 1 aromatic heterocycles. The Balaban J connectivity index is 3.02. The van der Waals surface area contributed by atoms with Crippen molar-refractivity contribution >= 4 is 5.82 Å². The summed E-state index contributed by atoms with van der Waals surface area (Å²) in [6, 6.07) is 2.12. The van der Waals surface area contributed by atoms with Gasteiger partial charge in [-0.2, -0.15) is 0 Å². The minimum absolute atomic E-state index is 0.0575. The molecule has 1 aromatic rings. The number of aryl methyl sites for hydroxylation is 1. The summed E-state index contributed by atoms with van der Waals surface area (Å²) < 4.78 is 0. The third kappa shape index (κ3) is 1.74. The van der Waals surface area contributed by atoms with Crippen LogP contribution in [0.2, 0.25) is 0 Å². The fraction of sp³-hybridized carbons (Fsp3) is 0.444. The van der Waals surface area contributed by atoms with Gasteiger partial charge in [0.25, 0.3) is 0 Å². The summed E-state index contributed by atoms with van der Waals surface area (Å²) in [7, 11) is 1.86. The molecule has 0 aliphatic rings. The van der Waals surface area contributed by atoms with Crippen LogP contribution in [0, 0.1) is 6.92 Å². The van der Waals surface area contributed by atoms with E-state index in [-0.39, 0.29) is 6.04 Å². The lowest BCUT2D eigenvalue weighted by Crippen LogP contribution is -2.06. The van der Waals surface area contributed by atoms with Gasteiger partial charge in [0, 0.05) is 19.3 Å². The summed E-state index contributed by atoms with van der Waals surface area (Å²) in [4.78, 5) is 4.23. The Kier molecular flexibility index (Phi) is 2.65. The maximum Gasteiger partial charge on any atom is 0.128 e. The molecule has 0 fully saturated rings. The van der Waals surface area contributed by atoms with Crippen LogP contribution in [-0.2, 0) is 0 Å². The average molecular weight is 165 g/mol. The van der Waals surface area contributed by atoms with Gasteiger partial charge >= 0.3 is 0 Å². The van der Waals surface area contributed by atoms with E-state index in [1.807, 2.05) is 27.1 Å². The molecular weight excluding hydrogens is 150 g/mol. The highest BCUT2D eigenvalue weighted by Gasteiger charge is 2.02. The van der Waals surface area contributed by atoms with Crippen LogP contribution in [0.25, 0.3) is 0 Å². The number of pyridine rings is 1. The maximum absolute atomic E-state index is 5.71. The number of anilines is 1. The molecule has 3 nitrogen and oxygen atoms in total. The third-order valence-corrected chi connectivity index (χ3v) is 1.86. The highest BCUT2D eigenvalue weighted by atomic mass is 15.0. The predicted molar refractivity (Wildman–Crippen MR) is 51.1 cm³/mol. The van der Waals surface area contributed by atoms with E-state index in [0.717, 1.165) is 16.9 Å². The van der Waals surface area contributed by atoms with Crippen LogP contribution >= 0.6 is 0 Å². The van der Waals surface area contributed by atoms with E-state index >= 15 is 0 Å². The second-order valence-electron chi connectivity index (χ2n) is 2.97. The number of nitrogens with one attached hydrogen (secondary N) is 1. The summed E-state index contributed by atoms with van der Waals surface area (Å²) in [6.45, 7) is 3.97. The summed E-state index contributed by atoms with van der Waals surface area (Å²) in [5.74, 6) is 0.916. The highest BCUT2D eigenvalue weighted by molar-refractivity contribution is 5.44. The smallest absolute Gasteiger partial charge is 0.128 e. The van der Waals surface area contributed by atoms with E-state index in [9.17, 15) is 0 Å². The lowest BCUT2D eigenvalue weighted by Gasteiger charge is -2.08. The summed E-state index contributed by atoms with van der Waals surface area (Å²) in [5, 5.41) is 3.01. The topological polar surface area (TPSA) is 50.9 Å². The van der Waals surface area contributed by atoms with Gasteiger partial charge in [0.1, 0.15) is 5.82 Å². The standard InChI is InChI=1S/C9H15N3/c1-6-4-8(7(2)10)5-12-9(6)11-3/h4-5,7H,10H2,1-3H3,(H,11,12)/t7-/m1/s1. The van der Waals surface area contributed by atoms with Crippen molar-refractivity contribution in [1.29, 1.82) is 0 Å². The Morgan fingerprint density at radius 3 is 2.67 bits per heavy atom. The Morgan fingerprint density at radius 2 is 2.25 bits per heavy atom. The Hall–Kier alpha value is -1.09. The molecule has 0 radical (unpaired) electrons. The molecule has 0 saturated heterocycles. The van der Waals surface area contributed by atoms with Crippen LogP contribution in [-0.4, -0.2) is 12.0 Å². The lowest BCUT2D eigenvalue weighted by atomic mass is 10.1. The van der Waals surface area contributed by atoms with Crippen LogP contribution in [0.1, 0.15) is 24.1 Å². The largest absolute Gasteiger partial charge is 0.373 e. The van der Waals surface area contributed by atoms with Crippen molar-refractivity contribution in [3.8, 4) is 0 Å². The fourth-order valence-corrected chi connectivity index (χ4v) is 1.11. The molecule has 0 aliphatic heterocycles.